The molecule has 0 aliphatic heterocycles. The van der Waals surface area contributed by atoms with Crippen LogP contribution in [0.1, 0.15) is 5.56 Å². The maximum atomic E-state index is 13.0. The van der Waals surface area contributed by atoms with Crippen LogP contribution in [0.3, 0.4) is 0 Å². The molecule has 0 aliphatic rings. The zero-order valence-electron chi connectivity index (χ0n) is 9.93. The molecule has 0 fully saturated rings. The molecule has 0 saturated heterocycles. The number of rotatable bonds is 3. The van der Waals surface area contributed by atoms with E-state index >= 15 is 0 Å². The predicted molar refractivity (Wildman–Crippen MR) is 65.4 cm³/mol. The number of hydrogen-bond donors (Lipinski definition) is 0. The second-order valence-corrected chi connectivity index (χ2v) is 5.42. The predicted octanol–water partition coefficient (Wildman–Crippen LogP) is 3.04. The first-order chi connectivity index (χ1) is 8.88. The molecule has 0 radical (unpaired) electrons. The summed E-state index contributed by atoms with van der Waals surface area (Å²) in [5.74, 6) is -1.28. The zero-order chi connectivity index (χ0) is 14.0. The van der Waals surface area contributed by atoms with E-state index in [4.69, 9.17) is 4.18 Å². The molecule has 0 atom stereocenters. The zero-order valence-corrected chi connectivity index (χ0v) is 10.7. The van der Waals surface area contributed by atoms with Crippen LogP contribution in [0.25, 0.3) is 0 Å². The molecule has 0 N–H and O–H groups in total. The molecule has 2 aromatic carbocycles. The van der Waals surface area contributed by atoms with E-state index < -0.39 is 21.8 Å². The lowest BCUT2D eigenvalue weighted by Gasteiger charge is -2.09. The summed E-state index contributed by atoms with van der Waals surface area (Å²) >= 11 is 0. The van der Waals surface area contributed by atoms with Crippen molar-refractivity contribution in [3.05, 3.63) is 59.7 Å². The van der Waals surface area contributed by atoms with Crippen molar-refractivity contribution in [1.29, 1.82) is 0 Å². The summed E-state index contributed by atoms with van der Waals surface area (Å²) in [6.45, 7) is 1.45. The van der Waals surface area contributed by atoms with Crippen molar-refractivity contribution in [2.75, 3.05) is 0 Å². The quantitative estimate of drug-likeness (QED) is 0.814. The van der Waals surface area contributed by atoms with Gasteiger partial charge in [0.05, 0.1) is 0 Å². The first-order valence-corrected chi connectivity index (χ1v) is 6.75. The molecule has 0 unspecified atom stereocenters. The Balaban J connectivity index is 2.38. The van der Waals surface area contributed by atoms with Gasteiger partial charge in [-0.05, 0) is 42.8 Å². The molecule has 19 heavy (non-hydrogen) atoms. The molecule has 2 rings (SSSR count). The normalized spacial score (nSPS) is 11.3. The van der Waals surface area contributed by atoms with Crippen molar-refractivity contribution in [3.63, 3.8) is 0 Å². The Morgan fingerprint density at radius 1 is 1.00 bits per heavy atom. The van der Waals surface area contributed by atoms with Crippen LogP contribution in [-0.2, 0) is 10.1 Å². The third-order valence-corrected chi connectivity index (χ3v) is 3.82. The van der Waals surface area contributed by atoms with Crippen LogP contribution in [0.5, 0.6) is 5.75 Å². The maximum absolute atomic E-state index is 13.0. The van der Waals surface area contributed by atoms with Crippen LogP contribution in [0.4, 0.5) is 8.78 Å². The minimum atomic E-state index is -4.11. The van der Waals surface area contributed by atoms with Gasteiger partial charge in [0.2, 0.25) is 0 Å². The lowest BCUT2D eigenvalue weighted by atomic mass is 10.2. The average Bonchev–Trinajstić information content (AvgIpc) is 2.27. The van der Waals surface area contributed by atoms with Gasteiger partial charge in [0.1, 0.15) is 22.3 Å². The van der Waals surface area contributed by atoms with Gasteiger partial charge in [-0.1, -0.05) is 6.07 Å². The molecular formula is C13H10F2O3S. The summed E-state index contributed by atoms with van der Waals surface area (Å²) in [7, 11) is -4.11. The minimum absolute atomic E-state index is 0.135. The third-order valence-electron chi connectivity index (χ3n) is 2.41. The summed E-state index contributed by atoms with van der Waals surface area (Å²) in [5, 5.41) is 0. The lowest BCUT2D eigenvalue weighted by Crippen LogP contribution is -2.11. The van der Waals surface area contributed by atoms with Gasteiger partial charge in [0.15, 0.2) is 0 Å². The van der Waals surface area contributed by atoms with Gasteiger partial charge in [-0.25, -0.2) is 8.78 Å². The highest BCUT2D eigenvalue weighted by atomic mass is 32.2. The van der Waals surface area contributed by atoms with Crippen molar-refractivity contribution in [2.45, 2.75) is 11.8 Å². The van der Waals surface area contributed by atoms with Crippen molar-refractivity contribution >= 4 is 10.1 Å². The van der Waals surface area contributed by atoms with Gasteiger partial charge in [-0.3, -0.25) is 0 Å². The SMILES string of the molecule is Cc1cc(F)ccc1S(=O)(=O)Oc1cccc(F)c1. The van der Waals surface area contributed by atoms with Crippen LogP contribution >= 0.6 is 0 Å². The second-order valence-electron chi connectivity index (χ2n) is 3.90. The van der Waals surface area contributed by atoms with Crippen molar-refractivity contribution in [3.8, 4) is 5.75 Å². The molecule has 100 valence electrons. The maximum Gasteiger partial charge on any atom is 0.339 e. The fourth-order valence-electron chi connectivity index (χ4n) is 1.58. The summed E-state index contributed by atoms with van der Waals surface area (Å²) in [6, 6.07) is 7.99. The van der Waals surface area contributed by atoms with Gasteiger partial charge in [-0.2, -0.15) is 8.42 Å². The molecule has 0 amide bonds. The smallest absolute Gasteiger partial charge is 0.339 e. The van der Waals surface area contributed by atoms with E-state index in [9.17, 15) is 17.2 Å². The summed E-state index contributed by atoms with van der Waals surface area (Å²) in [6.07, 6.45) is 0. The Bertz CT molecular complexity index is 712. The highest BCUT2D eigenvalue weighted by Crippen LogP contribution is 2.22. The van der Waals surface area contributed by atoms with Crippen LogP contribution in [-0.4, -0.2) is 8.42 Å². The van der Waals surface area contributed by atoms with Crippen molar-refractivity contribution in [1.82, 2.24) is 0 Å². The van der Waals surface area contributed by atoms with E-state index in [0.29, 0.717) is 0 Å². The lowest BCUT2D eigenvalue weighted by molar-refractivity contribution is 0.482. The second kappa shape index (κ2) is 4.97. The fraction of sp³-hybridized carbons (Fsp3) is 0.0769. The highest BCUT2D eigenvalue weighted by Gasteiger charge is 2.19. The molecule has 0 heterocycles. The van der Waals surface area contributed by atoms with Gasteiger partial charge in [0.25, 0.3) is 0 Å². The molecular weight excluding hydrogens is 274 g/mol. The van der Waals surface area contributed by atoms with Gasteiger partial charge in [0, 0.05) is 6.07 Å². The Morgan fingerprint density at radius 2 is 1.68 bits per heavy atom. The summed E-state index contributed by atoms with van der Waals surface area (Å²) in [4.78, 5) is -0.154. The van der Waals surface area contributed by atoms with Crippen LogP contribution in [0.15, 0.2) is 47.4 Å². The Labute approximate surface area is 109 Å². The van der Waals surface area contributed by atoms with E-state index in [1.165, 1.54) is 25.1 Å². The average molecular weight is 284 g/mol. The highest BCUT2D eigenvalue weighted by molar-refractivity contribution is 7.87. The molecule has 2 aromatic rings. The molecule has 3 nitrogen and oxygen atoms in total. The molecule has 0 saturated carbocycles. The minimum Gasteiger partial charge on any atom is -0.379 e. The summed E-state index contributed by atoms with van der Waals surface area (Å²) in [5.41, 5.74) is 0.219. The van der Waals surface area contributed by atoms with Crippen LogP contribution < -0.4 is 4.18 Å². The number of aryl methyl sites for hydroxylation is 1. The van der Waals surface area contributed by atoms with Crippen LogP contribution in [0.2, 0.25) is 0 Å². The molecule has 0 aromatic heterocycles. The number of benzene rings is 2. The van der Waals surface area contributed by atoms with E-state index in [1.807, 2.05) is 0 Å². The van der Waals surface area contributed by atoms with Crippen LogP contribution in [0, 0.1) is 18.6 Å². The van der Waals surface area contributed by atoms with E-state index in [1.54, 1.807) is 0 Å². The largest absolute Gasteiger partial charge is 0.379 e. The van der Waals surface area contributed by atoms with Gasteiger partial charge < -0.3 is 4.18 Å². The van der Waals surface area contributed by atoms with Crippen molar-refractivity contribution < 1.29 is 21.4 Å². The third kappa shape index (κ3) is 3.08. The molecule has 6 heteroatoms. The number of halogens is 2. The molecule has 0 bridgehead atoms. The van der Waals surface area contributed by atoms with Gasteiger partial charge in [-0.15, -0.1) is 0 Å². The van der Waals surface area contributed by atoms with E-state index in [-0.39, 0.29) is 16.2 Å². The topological polar surface area (TPSA) is 43.4 Å². The number of hydrogen-bond acceptors (Lipinski definition) is 3. The first kappa shape index (κ1) is 13.5. The molecule has 0 spiro atoms. The fourth-order valence-corrected chi connectivity index (χ4v) is 2.72. The Hall–Kier alpha value is -1.95. The van der Waals surface area contributed by atoms with Crippen molar-refractivity contribution in [2.24, 2.45) is 0 Å². The standard InChI is InChI=1S/C13H10F2O3S/c1-9-7-11(15)5-6-13(9)19(16,17)18-12-4-2-3-10(14)8-12/h2-8H,1H3. The van der Waals surface area contributed by atoms with Gasteiger partial charge >= 0.3 is 10.1 Å². The summed E-state index contributed by atoms with van der Waals surface area (Å²) < 4.78 is 54.6. The Kier molecular flexibility index (Phi) is 3.53. The monoisotopic (exact) mass is 284 g/mol. The van der Waals surface area contributed by atoms with E-state index in [2.05, 4.69) is 0 Å². The van der Waals surface area contributed by atoms with E-state index in [0.717, 1.165) is 24.3 Å². The Morgan fingerprint density at radius 3 is 2.32 bits per heavy atom. The molecule has 0 aliphatic carbocycles. The first-order valence-electron chi connectivity index (χ1n) is 5.35.